The molecule has 15 heavy (non-hydrogen) atoms. The summed E-state index contributed by atoms with van der Waals surface area (Å²) in [5.74, 6) is 0.584. The van der Waals surface area contributed by atoms with Gasteiger partial charge in [0.1, 0.15) is 6.07 Å². The predicted molar refractivity (Wildman–Crippen MR) is 61.4 cm³/mol. The van der Waals surface area contributed by atoms with Gasteiger partial charge >= 0.3 is 0 Å². The number of pyridine rings is 1. The van der Waals surface area contributed by atoms with E-state index < -0.39 is 0 Å². The molecule has 80 valence electrons. The summed E-state index contributed by atoms with van der Waals surface area (Å²) in [6.45, 7) is 6.21. The molecule has 1 heterocycles. The van der Waals surface area contributed by atoms with Crippen LogP contribution in [-0.4, -0.2) is 10.5 Å². The summed E-state index contributed by atoms with van der Waals surface area (Å²) in [6, 6.07) is 3.64. The lowest BCUT2D eigenvalue weighted by molar-refractivity contribution is 0.545. The second kappa shape index (κ2) is 4.18. The van der Waals surface area contributed by atoms with Crippen LogP contribution in [0.4, 0.5) is 11.5 Å². The van der Waals surface area contributed by atoms with Gasteiger partial charge in [-0.15, -0.1) is 0 Å². The van der Waals surface area contributed by atoms with Crippen LogP contribution in [0.2, 0.25) is 0 Å². The van der Waals surface area contributed by atoms with Gasteiger partial charge < -0.3 is 11.1 Å². The smallest absolute Gasteiger partial charge is 0.150 e. The minimum atomic E-state index is -0.0742. The molecule has 0 aliphatic rings. The Balaban J connectivity index is 3.02. The fraction of sp³-hybridized carbons (Fsp3) is 0.455. The van der Waals surface area contributed by atoms with Gasteiger partial charge in [0.05, 0.1) is 11.3 Å². The molecule has 1 aromatic heterocycles. The van der Waals surface area contributed by atoms with Crippen LogP contribution in [0.15, 0.2) is 12.3 Å². The standard InChI is InChI=1S/C11H16N4/c1-4-11(2,3)15-10-9(13)8(7-12)5-6-14-10/h5-6H,4,13H2,1-3H3,(H,14,15). The monoisotopic (exact) mass is 204 g/mol. The van der Waals surface area contributed by atoms with Gasteiger partial charge in [-0.25, -0.2) is 4.98 Å². The van der Waals surface area contributed by atoms with Gasteiger partial charge in [-0.05, 0) is 26.3 Å². The molecule has 1 rings (SSSR count). The maximum absolute atomic E-state index is 8.81. The van der Waals surface area contributed by atoms with Crippen molar-refractivity contribution in [2.24, 2.45) is 0 Å². The maximum Gasteiger partial charge on any atom is 0.150 e. The molecule has 0 aromatic carbocycles. The lowest BCUT2D eigenvalue weighted by Gasteiger charge is -2.25. The minimum Gasteiger partial charge on any atom is -0.395 e. The van der Waals surface area contributed by atoms with Gasteiger partial charge in [-0.3, -0.25) is 0 Å². The number of hydrogen-bond donors (Lipinski definition) is 2. The van der Waals surface area contributed by atoms with Gasteiger partial charge in [-0.1, -0.05) is 6.92 Å². The van der Waals surface area contributed by atoms with Gasteiger partial charge in [0.15, 0.2) is 5.82 Å². The first-order valence-corrected chi connectivity index (χ1v) is 4.93. The summed E-state index contributed by atoms with van der Waals surface area (Å²) < 4.78 is 0. The number of nitrogens with zero attached hydrogens (tertiary/aromatic N) is 2. The van der Waals surface area contributed by atoms with Crippen molar-refractivity contribution in [1.82, 2.24) is 4.98 Å². The predicted octanol–water partition coefficient (Wildman–Crippen LogP) is 2.14. The maximum atomic E-state index is 8.81. The molecule has 0 saturated carbocycles. The van der Waals surface area contributed by atoms with Crippen molar-refractivity contribution in [3.05, 3.63) is 17.8 Å². The number of anilines is 2. The highest BCUT2D eigenvalue weighted by atomic mass is 15.1. The van der Waals surface area contributed by atoms with Crippen LogP contribution in [-0.2, 0) is 0 Å². The molecule has 4 nitrogen and oxygen atoms in total. The van der Waals surface area contributed by atoms with E-state index in [1.54, 1.807) is 12.3 Å². The molecule has 0 radical (unpaired) electrons. The average molecular weight is 204 g/mol. The number of nitrogen functional groups attached to an aromatic ring is 1. The van der Waals surface area contributed by atoms with Crippen molar-refractivity contribution >= 4 is 11.5 Å². The molecule has 0 spiro atoms. The molecule has 3 N–H and O–H groups in total. The van der Waals surface area contributed by atoms with Crippen molar-refractivity contribution in [3.63, 3.8) is 0 Å². The van der Waals surface area contributed by atoms with E-state index in [0.29, 0.717) is 17.1 Å². The first-order chi connectivity index (χ1) is 7.00. The number of nitrogens with two attached hydrogens (primary N) is 1. The van der Waals surface area contributed by atoms with E-state index in [0.717, 1.165) is 6.42 Å². The number of nitriles is 1. The summed E-state index contributed by atoms with van der Waals surface area (Å²) >= 11 is 0. The SMILES string of the molecule is CCC(C)(C)Nc1nccc(C#N)c1N. The molecule has 0 unspecified atom stereocenters. The highest BCUT2D eigenvalue weighted by Gasteiger charge is 2.17. The van der Waals surface area contributed by atoms with Gasteiger partial charge in [0.2, 0.25) is 0 Å². The number of rotatable bonds is 3. The van der Waals surface area contributed by atoms with E-state index in [4.69, 9.17) is 11.0 Å². The molecule has 1 aromatic rings. The van der Waals surface area contributed by atoms with Crippen LogP contribution >= 0.6 is 0 Å². The van der Waals surface area contributed by atoms with E-state index >= 15 is 0 Å². The molecule has 0 bridgehead atoms. The summed E-state index contributed by atoms with van der Waals surface area (Å²) in [6.07, 6.45) is 2.54. The van der Waals surface area contributed by atoms with Crippen LogP contribution in [0.25, 0.3) is 0 Å². The Bertz CT molecular complexity index is 390. The van der Waals surface area contributed by atoms with Crippen molar-refractivity contribution in [1.29, 1.82) is 5.26 Å². The van der Waals surface area contributed by atoms with Crippen molar-refractivity contribution < 1.29 is 0 Å². The van der Waals surface area contributed by atoms with Crippen molar-refractivity contribution in [2.75, 3.05) is 11.1 Å². The number of hydrogen-bond acceptors (Lipinski definition) is 4. The Morgan fingerprint density at radius 3 is 2.80 bits per heavy atom. The fourth-order valence-electron chi connectivity index (χ4n) is 1.08. The first kappa shape index (κ1) is 11.3. The molecule has 0 aliphatic heterocycles. The minimum absolute atomic E-state index is 0.0742. The summed E-state index contributed by atoms with van der Waals surface area (Å²) in [7, 11) is 0. The highest BCUT2D eigenvalue weighted by Crippen LogP contribution is 2.23. The average Bonchev–Trinajstić information content (AvgIpc) is 2.21. The van der Waals surface area contributed by atoms with E-state index in [-0.39, 0.29) is 5.54 Å². The van der Waals surface area contributed by atoms with E-state index in [9.17, 15) is 0 Å². The van der Waals surface area contributed by atoms with Gasteiger partial charge in [0.25, 0.3) is 0 Å². The summed E-state index contributed by atoms with van der Waals surface area (Å²) in [5.41, 5.74) is 6.61. The van der Waals surface area contributed by atoms with Crippen molar-refractivity contribution in [2.45, 2.75) is 32.7 Å². The van der Waals surface area contributed by atoms with Crippen LogP contribution in [0.5, 0.6) is 0 Å². The second-order valence-electron chi connectivity index (χ2n) is 4.10. The van der Waals surface area contributed by atoms with Crippen LogP contribution < -0.4 is 11.1 Å². The summed E-state index contributed by atoms with van der Waals surface area (Å²) in [5, 5.41) is 12.0. The lowest BCUT2D eigenvalue weighted by atomic mass is 10.0. The zero-order valence-electron chi connectivity index (χ0n) is 9.33. The van der Waals surface area contributed by atoms with E-state index in [2.05, 4.69) is 31.1 Å². The Hall–Kier alpha value is -1.76. The Morgan fingerprint density at radius 1 is 1.60 bits per heavy atom. The van der Waals surface area contributed by atoms with Gasteiger partial charge in [0, 0.05) is 11.7 Å². The molecule has 0 atom stereocenters. The Kier molecular flexibility index (Phi) is 3.15. The summed E-state index contributed by atoms with van der Waals surface area (Å²) in [4.78, 5) is 4.13. The van der Waals surface area contributed by atoms with Crippen LogP contribution in [0.3, 0.4) is 0 Å². The number of aromatic nitrogens is 1. The zero-order valence-corrected chi connectivity index (χ0v) is 9.33. The normalized spacial score (nSPS) is 10.8. The largest absolute Gasteiger partial charge is 0.395 e. The molecule has 4 heteroatoms. The lowest BCUT2D eigenvalue weighted by Crippen LogP contribution is -2.30. The molecule has 0 saturated heterocycles. The van der Waals surface area contributed by atoms with Crippen LogP contribution in [0.1, 0.15) is 32.8 Å². The highest BCUT2D eigenvalue weighted by molar-refractivity contribution is 5.69. The molecule has 0 amide bonds. The molecular weight excluding hydrogens is 188 g/mol. The van der Waals surface area contributed by atoms with E-state index in [1.165, 1.54) is 0 Å². The van der Waals surface area contributed by atoms with Crippen molar-refractivity contribution in [3.8, 4) is 6.07 Å². The second-order valence-corrected chi connectivity index (χ2v) is 4.10. The molecular formula is C11H16N4. The topological polar surface area (TPSA) is 74.7 Å². The molecule has 0 aliphatic carbocycles. The quantitative estimate of drug-likeness (QED) is 0.791. The Labute approximate surface area is 90.1 Å². The third kappa shape index (κ3) is 2.59. The zero-order chi connectivity index (χ0) is 11.5. The fourth-order valence-corrected chi connectivity index (χ4v) is 1.08. The molecule has 0 fully saturated rings. The van der Waals surface area contributed by atoms with Gasteiger partial charge in [-0.2, -0.15) is 5.26 Å². The van der Waals surface area contributed by atoms with E-state index in [1.807, 2.05) is 6.07 Å². The first-order valence-electron chi connectivity index (χ1n) is 4.93. The number of nitrogens with one attached hydrogen (secondary N) is 1. The Morgan fingerprint density at radius 2 is 2.27 bits per heavy atom. The third-order valence-corrected chi connectivity index (χ3v) is 2.45. The third-order valence-electron chi connectivity index (χ3n) is 2.45. The van der Waals surface area contributed by atoms with Crippen LogP contribution in [0, 0.1) is 11.3 Å².